The molecule has 1 N–H and O–H groups in total. The van der Waals surface area contributed by atoms with Crippen molar-refractivity contribution >= 4 is 27.2 Å². The minimum absolute atomic E-state index is 0.000948. The van der Waals surface area contributed by atoms with Gasteiger partial charge in [0.05, 0.1) is 22.9 Å². The SMILES string of the molecule is CN1CCN(c2ccc(NC(=O)CCS(=O)(=O)C3CCCC3)cn2)CC1. The molecule has 0 bridgehead atoms. The van der Waals surface area contributed by atoms with E-state index in [9.17, 15) is 13.2 Å². The van der Waals surface area contributed by atoms with Gasteiger partial charge in [0, 0.05) is 32.6 Å². The molecule has 1 saturated carbocycles. The van der Waals surface area contributed by atoms with Gasteiger partial charge in [-0.25, -0.2) is 13.4 Å². The molecule has 0 aromatic carbocycles. The third-order valence-corrected chi connectivity index (χ3v) is 7.54. The summed E-state index contributed by atoms with van der Waals surface area (Å²) in [6.45, 7) is 3.90. The van der Waals surface area contributed by atoms with Gasteiger partial charge in [0.25, 0.3) is 0 Å². The van der Waals surface area contributed by atoms with E-state index in [2.05, 4.69) is 27.1 Å². The Morgan fingerprint density at radius 1 is 1.19 bits per heavy atom. The standard InChI is InChI=1S/C18H28N4O3S/c1-21-9-11-22(12-10-21)17-7-6-15(14-19-17)20-18(23)8-13-26(24,25)16-4-2-3-5-16/h6-7,14,16H,2-5,8-13H2,1H3,(H,20,23). The van der Waals surface area contributed by atoms with E-state index in [1.165, 1.54) is 0 Å². The lowest BCUT2D eigenvalue weighted by Crippen LogP contribution is -2.44. The molecule has 2 aliphatic rings. The maximum Gasteiger partial charge on any atom is 0.225 e. The van der Waals surface area contributed by atoms with Crippen molar-refractivity contribution in [3.63, 3.8) is 0 Å². The van der Waals surface area contributed by atoms with Gasteiger partial charge < -0.3 is 15.1 Å². The van der Waals surface area contributed by atoms with Gasteiger partial charge in [0.15, 0.2) is 9.84 Å². The quantitative estimate of drug-likeness (QED) is 0.806. The normalized spacial score (nSPS) is 19.7. The molecular weight excluding hydrogens is 352 g/mol. The van der Waals surface area contributed by atoms with Gasteiger partial charge in [-0.2, -0.15) is 0 Å². The molecular formula is C18H28N4O3S. The second kappa shape index (κ2) is 8.35. The molecule has 0 radical (unpaired) electrons. The Hall–Kier alpha value is -1.67. The highest BCUT2D eigenvalue weighted by atomic mass is 32.2. The number of carbonyl (C=O) groups is 1. The van der Waals surface area contributed by atoms with Crippen molar-refractivity contribution in [1.82, 2.24) is 9.88 Å². The highest BCUT2D eigenvalue weighted by Gasteiger charge is 2.28. The average Bonchev–Trinajstić information content (AvgIpc) is 3.17. The Bertz CT molecular complexity index is 706. The minimum Gasteiger partial charge on any atom is -0.354 e. The molecule has 7 nitrogen and oxygen atoms in total. The Balaban J connectivity index is 1.48. The fraction of sp³-hybridized carbons (Fsp3) is 0.667. The number of likely N-dealkylation sites (N-methyl/N-ethyl adjacent to an activating group) is 1. The zero-order chi connectivity index (χ0) is 18.6. The summed E-state index contributed by atoms with van der Waals surface area (Å²) in [6, 6.07) is 3.72. The van der Waals surface area contributed by atoms with Crippen molar-refractivity contribution < 1.29 is 13.2 Å². The number of piperazine rings is 1. The molecule has 144 valence electrons. The topological polar surface area (TPSA) is 82.6 Å². The molecule has 1 aliphatic heterocycles. The van der Waals surface area contributed by atoms with E-state index in [1.807, 2.05) is 12.1 Å². The van der Waals surface area contributed by atoms with Crippen LogP contribution in [0.25, 0.3) is 0 Å². The number of amides is 1. The first-order valence-corrected chi connectivity index (χ1v) is 11.1. The van der Waals surface area contributed by atoms with Crippen LogP contribution in [0.1, 0.15) is 32.1 Å². The van der Waals surface area contributed by atoms with Crippen LogP contribution in [-0.4, -0.2) is 68.4 Å². The van der Waals surface area contributed by atoms with E-state index >= 15 is 0 Å². The average molecular weight is 381 g/mol. The fourth-order valence-electron chi connectivity index (χ4n) is 3.56. The molecule has 1 amide bonds. The van der Waals surface area contributed by atoms with Crippen LogP contribution in [0.4, 0.5) is 11.5 Å². The number of nitrogens with zero attached hydrogens (tertiary/aromatic N) is 3. The number of hydrogen-bond donors (Lipinski definition) is 1. The smallest absolute Gasteiger partial charge is 0.225 e. The van der Waals surface area contributed by atoms with Gasteiger partial charge in [-0.15, -0.1) is 0 Å². The van der Waals surface area contributed by atoms with E-state index in [0.717, 1.165) is 57.7 Å². The number of nitrogens with one attached hydrogen (secondary N) is 1. The van der Waals surface area contributed by atoms with Gasteiger partial charge in [-0.3, -0.25) is 4.79 Å². The Morgan fingerprint density at radius 2 is 1.88 bits per heavy atom. The highest BCUT2D eigenvalue weighted by Crippen LogP contribution is 2.25. The lowest BCUT2D eigenvalue weighted by atomic mass is 10.3. The van der Waals surface area contributed by atoms with Gasteiger partial charge >= 0.3 is 0 Å². The summed E-state index contributed by atoms with van der Waals surface area (Å²) in [5.41, 5.74) is 0.603. The van der Waals surface area contributed by atoms with E-state index < -0.39 is 9.84 Å². The number of sulfone groups is 1. The molecule has 3 rings (SSSR count). The molecule has 1 aromatic rings. The molecule has 0 unspecified atom stereocenters. The molecule has 0 atom stereocenters. The number of aromatic nitrogens is 1. The van der Waals surface area contributed by atoms with Crippen LogP contribution < -0.4 is 10.2 Å². The molecule has 8 heteroatoms. The second-order valence-electron chi connectivity index (χ2n) is 7.27. The van der Waals surface area contributed by atoms with Gasteiger partial charge in [-0.1, -0.05) is 12.8 Å². The zero-order valence-electron chi connectivity index (χ0n) is 15.4. The first-order valence-electron chi connectivity index (χ1n) is 9.35. The van der Waals surface area contributed by atoms with Crippen LogP contribution >= 0.6 is 0 Å². The van der Waals surface area contributed by atoms with Crippen LogP contribution in [-0.2, 0) is 14.6 Å². The number of pyridine rings is 1. The van der Waals surface area contributed by atoms with Crippen molar-refractivity contribution in [2.24, 2.45) is 0 Å². The molecule has 1 saturated heterocycles. The molecule has 26 heavy (non-hydrogen) atoms. The van der Waals surface area contributed by atoms with Crippen LogP contribution in [0.15, 0.2) is 18.3 Å². The number of carbonyl (C=O) groups excluding carboxylic acids is 1. The summed E-state index contributed by atoms with van der Waals surface area (Å²) < 4.78 is 24.5. The van der Waals surface area contributed by atoms with Crippen LogP contribution in [0, 0.1) is 0 Å². The summed E-state index contributed by atoms with van der Waals surface area (Å²) in [5.74, 6) is 0.552. The van der Waals surface area contributed by atoms with Crippen LogP contribution in [0.3, 0.4) is 0 Å². The van der Waals surface area contributed by atoms with Crippen LogP contribution in [0.5, 0.6) is 0 Å². The summed E-state index contributed by atoms with van der Waals surface area (Å²) >= 11 is 0. The second-order valence-corrected chi connectivity index (χ2v) is 9.67. The number of anilines is 2. The zero-order valence-corrected chi connectivity index (χ0v) is 16.2. The fourth-order valence-corrected chi connectivity index (χ4v) is 5.41. The van der Waals surface area contributed by atoms with E-state index in [-0.39, 0.29) is 23.3 Å². The van der Waals surface area contributed by atoms with Gasteiger partial charge in [0.1, 0.15) is 5.82 Å². The van der Waals surface area contributed by atoms with Crippen molar-refractivity contribution in [3.8, 4) is 0 Å². The molecule has 1 aromatic heterocycles. The number of hydrogen-bond acceptors (Lipinski definition) is 6. The first kappa shape index (κ1) is 19.1. The monoisotopic (exact) mass is 380 g/mol. The largest absolute Gasteiger partial charge is 0.354 e. The highest BCUT2D eigenvalue weighted by molar-refractivity contribution is 7.92. The lowest BCUT2D eigenvalue weighted by molar-refractivity contribution is -0.115. The van der Waals surface area contributed by atoms with E-state index in [4.69, 9.17) is 0 Å². The predicted molar refractivity (Wildman–Crippen MR) is 103 cm³/mol. The number of rotatable bonds is 6. The predicted octanol–water partition coefficient (Wildman–Crippen LogP) is 1.52. The maximum absolute atomic E-state index is 12.2. The van der Waals surface area contributed by atoms with Crippen molar-refractivity contribution in [2.45, 2.75) is 37.4 Å². The van der Waals surface area contributed by atoms with Crippen LogP contribution in [0.2, 0.25) is 0 Å². The third-order valence-electron chi connectivity index (χ3n) is 5.28. The summed E-state index contributed by atoms with van der Waals surface area (Å²) in [5, 5.41) is 2.50. The van der Waals surface area contributed by atoms with Gasteiger partial charge in [-0.05, 0) is 32.0 Å². The van der Waals surface area contributed by atoms with Crippen molar-refractivity contribution in [1.29, 1.82) is 0 Å². The maximum atomic E-state index is 12.2. The van der Waals surface area contributed by atoms with Gasteiger partial charge in [0.2, 0.25) is 5.91 Å². The van der Waals surface area contributed by atoms with E-state index in [0.29, 0.717) is 5.69 Å². The molecule has 0 spiro atoms. The summed E-state index contributed by atoms with van der Waals surface area (Å²) in [4.78, 5) is 21.0. The molecule has 2 heterocycles. The van der Waals surface area contributed by atoms with Crippen molar-refractivity contribution in [2.75, 3.05) is 49.2 Å². The minimum atomic E-state index is -3.16. The third kappa shape index (κ3) is 4.94. The summed E-state index contributed by atoms with van der Waals surface area (Å²) in [7, 11) is -1.05. The lowest BCUT2D eigenvalue weighted by Gasteiger charge is -2.33. The summed E-state index contributed by atoms with van der Waals surface area (Å²) in [6.07, 6.45) is 5.06. The Labute approximate surface area is 155 Å². The van der Waals surface area contributed by atoms with E-state index in [1.54, 1.807) is 6.20 Å². The Morgan fingerprint density at radius 3 is 2.50 bits per heavy atom. The first-order chi connectivity index (χ1) is 12.4. The molecule has 2 fully saturated rings. The van der Waals surface area contributed by atoms with Crippen molar-refractivity contribution in [3.05, 3.63) is 18.3 Å². The Kier molecular flexibility index (Phi) is 6.13. The molecule has 1 aliphatic carbocycles.